The lowest BCUT2D eigenvalue weighted by Crippen LogP contribution is -2.21. The maximum absolute atomic E-state index is 12.4. The van der Waals surface area contributed by atoms with Crippen LogP contribution in [0, 0.1) is 0 Å². The summed E-state index contributed by atoms with van der Waals surface area (Å²) >= 11 is 0. The van der Waals surface area contributed by atoms with Crippen molar-refractivity contribution in [3.05, 3.63) is 60.2 Å². The molecule has 0 unspecified atom stereocenters. The Morgan fingerprint density at radius 1 is 1.07 bits per heavy atom. The summed E-state index contributed by atoms with van der Waals surface area (Å²) in [6, 6.07) is 14.4. The molecule has 0 spiro atoms. The highest BCUT2D eigenvalue weighted by atomic mass is 32.2. The van der Waals surface area contributed by atoms with Gasteiger partial charge >= 0.3 is 5.97 Å². The minimum atomic E-state index is -4.00. The first-order chi connectivity index (χ1) is 13.3. The van der Waals surface area contributed by atoms with Crippen molar-refractivity contribution in [2.45, 2.75) is 25.2 Å². The summed E-state index contributed by atoms with van der Waals surface area (Å²) in [5, 5.41) is 6.40. The average molecular weight is 403 g/mol. The minimum Gasteiger partial charge on any atom is -0.466 e. The van der Waals surface area contributed by atoms with E-state index in [0.29, 0.717) is 5.69 Å². The Bertz CT molecular complexity index is 972. The van der Waals surface area contributed by atoms with Crippen molar-refractivity contribution in [3.63, 3.8) is 0 Å². The SMILES string of the molecule is CCOC(=O)CC(C)=NNS(=O)(=O)c1cccc(C(=O)Nc2ccccc2)c1. The van der Waals surface area contributed by atoms with Crippen molar-refractivity contribution in [3.8, 4) is 0 Å². The number of para-hydroxylation sites is 1. The van der Waals surface area contributed by atoms with E-state index in [4.69, 9.17) is 4.74 Å². The van der Waals surface area contributed by atoms with Crippen LogP contribution in [-0.4, -0.2) is 32.6 Å². The van der Waals surface area contributed by atoms with E-state index in [0.717, 1.165) is 0 Å². The van der Waals surface area contributed by atoms with E-state index in [1.165, 1.54) is 31.2 Å². The number of benzene rings is 2. The van der Waals surface area contributed by atoms with Crippen molar-refractivity contribution in [1.29, 1.82) is 0 Å². The number of anilines is 1. The molecule has 148 valence electrons. The van der Waals surface area contributed by atoms with Crippen molar-refractivity contribution in [2.75, 3.05) is 11.9 Å². The monoisotopic (exact) mass is 403 g/mol. The van der Waals surface area contributed by atoms with E-state index in [-0.39, 0.29) is 29.2 Å². The fourth-order valence-electron chi connectivity index (χ4n) is 2.18. The first kappa shape index (κ1) is 21.1. The number of ether oxygens (including phenoxy) is 1. The first-order valence-corrected chi connectivity index (χ1v) is 9.97. The van der Waals surface area contributed by atoms with Crippen molar-refractivity contribution < 1.29 is 22.7 Å². The molecule has 1 amide bonds. The van der Waals surface area contributed by atoms with Gasteiger partial charge in [0.2, 0.25) is 0 Å². The summed E-state index contributed by atoms with van der Waals surface area (Å²) in [5.41, 5.74) is 1.03. The molecule has 0 heterocycles. The minimum absolute atomic E-state index is 0.124. The quantitative estimate of drug-likeness (QED) is 0.399. The zero-order chi connectivity index (χ0) is 20.6. The van der Waals surface area contributed by atoms with Crippen LogP contribution < -0.4 is 10.1 Å². The van der Waals surface area contributed by atoms with Crippen LogP contribution in [0.25, 0.3) is 0 Å². The molecule has 0 atom stereocenters. The largest absolute Gasteiger partial charge is 0.466 e. The summed E-state index contributed by atoms with van der Waals surface area (Å²) in [6.45, 7) is 3.41. The smallest absolute Gasteiger partial charge is 0.311 e. The van der Waals surface area contributed by atoms with Crippen molar-refractivity contribution >= 4 is 33.3 Å². The number of esters is 1. The van der Waals surface area contributed by atoms with Gasteiger partial charge in [0.15, 0.2) is 0 Å². The molecule has 8 nitrogen and oxygen atoms in total. The molecule has 2 rings (SSSR count). The molecule has 0 saturated carbocycles. The van der Waals surface area contributed by atoms with Crippen LogP contribution in [0.4, 0.5) is 5.69 Å². The molecular formula is C19H21N3O5S. The standard InChI is InChI=1S/C19H21N3O5S/c1-3-27-18(23)12-14(2)21-22-28(25,26)17-11-7-8-15(13-17)19(24)20-16-9-5-4-6-10-16/h4-11,13,22H,3,12H2,1-2H3,(H,20,24). The van der Waals surface area contributed by atoms with Crippen LogP contribution in [-0.2, 0) is 19.6 Å². The van der Waals surface area contributed by atoms with Crippen LogP contribution in [0.5, 0.6) is 0 Å². The number of carbonyl (C=O) groups is 2. The molecule has 9 heteroatoms. The number of carbonyl (C=O) groups excluding carboxylic acids is 2. The van der Waals surface area contributed by atoms with Gasteiger partial charge in [0.1, 0.15) is 0 Å². The predicted octanol–water partition coefficient (Wildman–Crippen LogP) is 2.55. The van der Waals surface area contributed by atoms with E-state index in [1.54, 1.807) is 31.2 Å². The highest BCUT2D eigenvalue weighted by Crippen LogP contribution is 2.14. The van der Waals surface area contributed by atoms with E-state index in [2.05, 4.69) is 15.2 Å². The normalized spacial score (nSPS) is 11.6. The van der Waals surface area contributed by atoms with Crippen LogP contribution in [0.3, 0.4) is 0 Å². The maximum atomic E-state index is 12.4. The van der Waals surface area contributed by atoms with E-state index in [9.17, 15) is 18.0 Å². The zero-order valence-corrected chi connectivity index (χ0v) is 16.3. The van der Waals surface area contributed by atoms with Gasteiger partial charge in [-0.1, -0.05) is 24.3 Å². The zero-order valence-electron chi connectivity index (χ0n) is 15.5. The molecule has 0 saturated heterocycles. The topological polar surface area (TPSA) is 114 Å². The summed E-state index contributed by atoms with van der Waals surface area (Å²) < 4.78 is 29.6. The summed E-state index contributed by atoms with van der Waals surface area (Å²) in [4.78, 5) is 25.7. The molecule has 2 aromatic rings. The van der Waals surface area contributed by atoms with Gasteiger partial charge in [-0.05, 0) is 44.2 Å². The van der Waals surface area contributed by atoms with Crippen molar-refractivity contribution in [1.82, 2.24) is 4.83 Å². The molecular weight excluding hydrogens is 382 g/mol. The fraction of sp³-hybridized carbons (Fsp3) is 0.211. The third kappa shape index (κ3) is 6.20. The molecule has 0 aliphatic heterocycles. The van der Waals surface area contributed by atoms with Crippen molar-refractivity contribution in [2.24, 2.45) is 5.10 Å². The number of amides is 1. The second kappa shape index (κ2) is 9.65. The number of hydrazone groups is 1. The molecule has 0 aromatic heterocycles. The Balaban J connectivity index is 2.10. The van der Waals surface area contributed by atoms with Gasteiger partial charge in [-0.2, -0.15) is 13.5 Å². The third-order valence-corrected chi connectivity index (χ3v) is 4.71. The molecule has 2 N–H and O–H groups in total. The lowest BCUT2D eigenvalue weighted by atomic mass is 10.2. The van der Waals surface area contributed by atoms with E-state index < -0.39 is 21.9 Å². The molecule has 0 bridgehead atoms. The maximum Gasteiger partial charge on any atom is 0.311 e. The summed E-state index contributed by atoms with van der Waals surface area (Å²) in [5.74, 6) is -0.937. The second-order valence-corrected chi connectivity index (χ2v) is 7.43. The van der Waals surface area contributed by atoms with Crippen LogP contribution >= 0.6 is 0 Å². The Labute approximate surface area is 163 Å². The number of nitrogens with one attached hydrogen (secondary N) is 2. The predicted molar refractivity (Wildman–Crippen MR) is 106 cm³/mol. The first-order valence-electron chi connectivity index (χ1n) is 8.49. The Hall–Kier alpha value is -3.20. The fourth-order valence-corrected chi connectivity index (χ4v) is 3.10. The summed E-state index contributed by atoms with van der Waals surface area (Å²) in [6.07, 6.45) is -0.129. The highest BCUT2D eigenvalue weighted by Gasteiger charge is 2.16. The second-order valence-electron chi connectivity index (χ2n) is 5.77. The number of hydrogen-bond acceptors (Lipinski definition) is 6. The summed E-state index contributed by atoms with van der Waals surface area (Å²) in [7, 11) is -4.00. The van der Waals surface area contributed by atoms with Gasteiger partial charge in [0.05, 0.1) is 17.9 Å². The van der Waals surface area contributed by atoms with Gasteiger partial charge in [0.25, 0.3) is 15.9 Å². The van der Waals surface area contributed by atoms with Crippen LogP contribution in [0.15, 0.2) is 64.6 Å². The molecule has 0 aliphatic carbocycles. The Morgan fingerprint density at radius 2 is 1.79 bits per heavy atom. The molecule has 0 fully saturated rings. The molecule has 28 heavy (non-hydrogen) atoms. The van der Waals surface area contributed by atoms with Gasteiger partial charge in [-0.3, -0.25) is 9.59 Å². The Morgan fingerprint density at radius 3 is 2.46 bits per heavy atom. The number of hydrogen-bond donors (Lipinski definition) is 2. The number of rotatable bonds is 8. The lowest BCUT2D eigenvalue weighted by Gasteiger charge is -2.08. The average Bonchev–Trinajstić information content (AvgIpc) is 2.67. The van der Waals surface area contributed by atoms with Gasteiger partial charge in [-0.15, -0.1) is 0 Å². The number of sulfonamides is 1. The van der Waals surface area contributed by atoms with Crippen LogP contribution in [0.1, 0.15) is 30.6 Å². The van der Waals surface area contributed by atoms with Crippen LogP contribution in [0.2, 0.25) is 0 Å². The highest BCUT2D eigenvalue weighted by molar-refractivity contribution is 7.89. The van der Waals surface area contributed by atoms with Gasteiger partial charge in [0, 0.05) is 17.0 Å². The lowest BCUT2D eigenvalue weighted by molar-refractivity contribution is -0.141. The molecule has 0 radical (unpaired) electrons. The van der Waals surface area contributed by atoms with E-state index >= 15 is 0 Å². The Kier molecular flexibility index (Phi) is 7.28. The molecule has 2 aromatic carbocycles. The van der Waals surface area contributed by atoms with Gasteiger partial charge in [-0.25, -0.2) is 4.83 Å². The van der Waals surface area contributed by atoms with E-state index in [1.807, 2.05) is 6.07 Å². The third-order valence-electron chi connectivity index (χ3n) is 3.50. The van der Waals surface area contributed by atoms with Gasteiger partial charge < -0.3 is 10.1 Å². The molecule has 0 aliphatic rings. The number of nitrogens with zero attached hydrogens (tertiary/aromatic N) is 1.